The molecule has 0 aromatic carbocycles. The molecular weight excluding hydrogens is 250 g/mol. The Hall–Kier alpha value is -0.940. The van der Waals surface area contributed by atoms with Crippen molar-refractivity contribution in [3.8, 4) is 0 Å². The maximum Gasteiger partial charge on any atom is 0.0967 e. The highest BCUT2D eigenvalue weighted by Gasteiger charge is 2.20. The quantitative estimate of drug-likeness (QED) is 0.893. The van der Waals surface area contributed by atoms with Gasteiger partial charge in [0.05, 0.1) is 17.4 Å². The average Bonchev–Trinajstić information content (AvgIpc) is 2.86. The third-order valence-electron chi connectivity index (χ3n) is 4.00. The van der Waals surface area contributed by atoms with Crippen molar-refractivity contribution in [1.82, 2.24) is 25.2 Å². The van der Waals surface area contributed by atoms with E-state index in [0.29, 0.717) is 0 Å². The summed E-state index contributed by atoms with van der Waals surface area (Å²) >= 11 is 0. The third kappa shape index (κ3) is 4.28. The molecule has 1 saturated heterocycles. The van der Waals surface area contributed by atoms with Gasteiger partial charge in [-0.2, -0.15) is 0 Å². The molecule has 114 valence electrons. The van der Waals surface area contributed by atoms with Crippen LogP contribution in [0.2, 0.25) is 0 Å². The van der Waals surface area contributed by atoms with Crippen molar-refractivity contribution in [2.24, 2.45) is 5.92 Å². The second kappa shape index (κ2) is 6.68. The first-order valence-electron chi connectivity index (χ1n) is 7.84. The lowest BCUT2D eigenvalue weighted by atomic mass is 9.97. The lowest BCUT2D eigenvalue weighted by Gasteiger charge is -2.31. The third-order valence-corrected chi connectivity index (χ3v) is 4.00. The molecule has 0 unspecified atom stereocenters. The molecule has 1 N–H and O–H groups in total. The van der Waals surface area contributed by atoms with Crippen LogP contribution in [-0.2, 0) is 12.1 Å². The summed E-state index contributed by atoms with van der Waals surface area (Å²) in [5.74, 6) is 0.844. The van der Waals surface area contributed by atoms with Crippen LogP contribution in [0, 0.1) is 5.92 Å². The van der Waals surface area contributed by atoms with Gasteiger partial charge >= 0.3 is 0 Å². The standard InChI is InChI=1S/C15H29N5/c1-5-16-10-13-6-8-19(9-7-13)11-14-12-20(18-17-14)15(2,3)4/h12-13,16H,5-11H2,1-4H3. The van der Waals surface area contributed by atoms with Gasteiger partial charge in [-0.25, -0.2) is 4.68 Å². The van der Waals surface area contributed by atoms with Crippen LogP contribution in [0.1, 0.15) is 46.2 Å². The number of piperidine rings is 1. The van der Waals surface area contributed by atoms with Crippen molar-refractivity contribution >= 4 is 0 Å². The zero-order valence-electron chi connectivity index (χ0n) is 13.4. The number of hydrogen-bond acceptors (Lipinski definition) is 4. The Morgan fingerprint density at radius 3 is 2.55 bits per heavy atom. The molecule has 1 aromatic heterocycles. The molecule has 0 bridgehead atoms. The van der Waals surface area contributed by atoms with E-state index in [-0.39, 0.29) is 5.54 Å². The van der Waals surface area contributed by atoms with Gasteiger partial charge in [-0.05, 0) is 65.7 Å². The fourth-order valence-corrected chi connectivity index (χ4v) is 2.62. The molecule has 1 aliphatic heterocycles. The molecule has 2 heterocycles. The van der Waals surface area contributed by atoms with Crippen LogP contribution in [0.5, 0.6) is 0 Å². The van der Waals surface area contributed by atoms with Crippen molar-refractivity contribution in [3.05, 3.63) is 11.9 Å². The summed E-state index contributed by atoms with van der Waals surface area (Å²) < 4.78 is 1.96. The van der Waals surface area contributed by atoms with Crippen LogP contribution in [0.15, 0.2) is 6.20 Å². The van der Waals surface area contributed by atoms with Gasteiger partial charge in [0.2, 0.25) is 0 Å². The van der Waals surface area contributed by atoms with E-state index >= 15 is 0 Å². The molecule has 2 rings (SSSR count). The number of likely N-dealkylation sites (tertiary alicyclic amines) is 1. The normalized spacial score (nSPS) is 18.6. The fraction of sp³-hybridized carbons (Fsp3) is 0.867. The van der Waals surface area contributed by atoms with Crippen LogP contribution >= 0.6 is 0 Å². The topological polar surface area (TPSA) is 46.0 Å². The zero-order valence-corrected chi connectivity index (χ0v) is 13.4. The summed E-state index contributed by atoms with van der Waals surface area (Å²) in [6.45, 7) is 14.2. The predicted octanol–water partition coefficient (Wildman–Crippen LogP) is 1.85. The van der Waals surface area contributed by atoms with E-state index in [9.17, 15) is 0 Å². The average molecular weight is 279 g/mol. The highest BCUT2D eigenvalue weighted by Crippen LogP contribution is 2.18. The highest BCUT2D eigenvalue weighted by atomic mass is 15.4. The first-order chi connectivity index (χ1) is 9.49. The second-order valence-electron chi connectivity index (χ2n) is 6.85. The summed E-state index contributed by atoms with van der Waals surface area (Å²) in [7, 11) is 0. The van der Waals surface area contributed by atoms with Crippen LogP contribution in [0.25, 0.3) is 0 Å². The Bertz CT molecular complexity index is 399. The summed E-state index contributed by atoms with van der Waals surface area (Å²) in [6, 6.07) is 0. The van der Waals surface area contributed by atoms with Crippen LogP contribution in [0.4, 0.5) is 0 Å². The molecule has 0 saturated carbocycles. The minimum Gasteiger partial charge on any atom is -0.317 e. The first kappa shape index (κ1) is 15.4. The van der Waals surface area contributed by atoms with Gasteiger partial charge in [0.15, 0.2) is 0 Å². The minimum absolute atomic E-state index is 0.0179. The maximum absolute atomic E-state index is 4.30. The highest BCUT2D eigenvalue weighted by molar-refractivity contribution is 4.95. The Balaban J connectivity index is 1.79. The molecule has 5 heteroatoms. The fourth-order valence-electron chi connectivity index (χ4n) is 2.62. The molecule has 0 amide bonds. The van der Waals surface area contributed by atoms with Gasteiger partial charge in [-0.1, -0.05) is 12.1 Å². The van der Waals surface area contributed by atoms with Gasteiger partial charge in [0, 0.05) is 6.54 Å². The van der Waals surface area contributed by atoms with Gasteiger partial charge in [-0.3, -0.25) is 4.90 Å². The van der Waals surface area contributed by atoms with E-state index in [0.717, 1.165) is 24.7 Å². The number of aromatic nitrogens is 3. The van der Waals surface area contributed by atoms with Crippen LogP contribution in [-0.4, -0.2) is 46.1 Å². The lowest BCUT2D eigenvalue weighted by molar-refractivity contribution is 0.174. The number of nitrogens with zero attached hydrogens (tertiary/aromatic N) is 4. The monoisotopic (exact) mass is 279 g/mol. The predicted molar refractivity (Wildman–Crippen MR) is 81.6 cm³/mol. The van der Waals surface area contributed by atoms with E-state index in [1.807, 2.05) is 4.68 Å². The molecule has 20 heavy (non-hydrogen) atoms. The summed E-state index contributed by atoms with van der Waals surface area (Å²) in [4.78, 5) is 2.50. The smallest absolute Gasteiger partial charge is 0.0967 e. The van der Waals surface area contributed by atoms with Gasteiger partial charge in [0.25, 0.3) is 0 Å². The van der Waals surface area contributed by atoms with Crippen molar-refractivity contribution < 1.29 is 0 Å². The molecule has 0 aliphatic carbocycles. The van der Waals surface area contributed by atoms with Gasteiger partial charge in [-0.15, -0.1) is 5.10 Å². The molecule has 0 radical (unpaired) electrons. The Morgan fingerprint density at radius 1 is 1.30 bits per heavy atom. The number of rotatable bonds is 5. The summed E-state index contributed by atoms with van der Waals surface area (Å²) in [5.41, 5.74) is 1.11. The summed E-state index contributed by atoms with van der Waals surface area (Å²) in [5, 5.41) is 12.0. The number of hydrogen-bond donors (Lipinski definition) is 1. The first-order valence-corrected chi connectivity index (χ1v) is 7.84. The van der Waals surface area contributed by atoms with Crippen LogP contribution < -0.4 is 5.32 Å². The van der Waals surface area contributed by atoms with Crippen molar-refractivity contribution in [2.75, 3.05) is 26.2 Å². The zero-order chi connectivity index (χ0) is 14.6. The second-order valence-corrected chi connectivity index (χ2v) is 6.85. The van der Waals surface area contributed by atoms with Gasteiger partial charge < -0.3 is 5.32 Å². The lowest BCUT2D eigenvalue weighted by Crippen LogP contribution is -2.36. The molecule has 0 spiro atoms. The molecular formula is C15H29N5. The Kier molecular flexibility index (Phi) is 5.16. The molecule has 1 aliphatic rings. The van der Waals surface area contributed by atoms with E-state index in [1.165, 1.54) is 32.5 Å². The Morgan fingerprint density at radius 2 is 2.00 bits per heavy atom. The molecule has 5 nitrogen and oxygen atoms in total. The van der Waals surface area contributed by atoms with Crippen molar-refractivity contribution in [2.45, 2.75) is 52.6 Å². The SMILES string of the molecule is CCNCC1CCN(Cc2cn(C(C)(C)C)nn2)CC1. The maximum atomic E-state index is 4.30. The minimum atomic E-state index is 0.0179. The largest absolute Gasteiger partial charge is 0.317 e. The van der Waals surface area contributed by atoms with E-state index in [1.54, 1.807) is 0 Å². The van der Waals surface area contributed by atoms with Crippen LogP contribution in [0.3, 0.4) is 0 Å². The van der Waals surface area contributed by atoms with Gasteiger partial charge in [0.1, 0.15) is 0 Å². The number of nitrogens with one attached hydrogen (secondary N) is 1. The van der Waals surface area contributed by atoms with E-state index in [4.69, 9.17) is 0 Å². The molecule has 1 fully saturated rings. The Labute approximate surface area is 122 Å². The molecule has 1 aromatic rings. The van der Waals surface area contributed by atoms with E-state index in [2.05, 4.69) is 54.4 Å². The van der Waals surface area contributed by atoms with E-state index < -0.39 is 0 Å². The molecule has 0 atom stereocenters. The van der Waals surface area contributed by atoms with Crippen molar-refractivity contribution in [1.29, 1.82) is 0 Å². The summed E-state index contributed by atoms with van der Waals surface area (Å²) in [6.07, 6.45) is 4.67. The van der Waals surface area contributed by atoms with Crippen molar-refractivity contribution in [3.63, 3.8) is 0 Å².